The summed E-state index contributed by atoms with van der Waals surface area (Å²) in [5.41, 5.74) is 5.17. The van der Waals surface area contributed by atoms with Gasteiger partial charge in [-0.15, -0.1) is 0 Å². The lowest BCUT2D eigenvalue weighted by Gasteiger charge is -2.20. The molecule has 2 N–H and O–H groups in total. The van der Waals surface area contributed by atoms with Crippen LogP contribution in [0.4, 0.5) is 8.78 Å². The predicted octanol–water partition coefficient (Wildman–Crippen LogP) is 1.31. The van der Waals surface area contributed by atoms with E-state index in [1.165, 1.54) is 11.0 Å². The minimum absolute atomic E-state index is 0.187. The summed E-state index contributed by atoms with van der Waals surface area (Å²) >= 11 is 0. The van der Waals surface area contributed by atoms with Gasteiger partial charge in [-0.25, -0.2) is 8.78 Å². The maximum atomic E-state index is 13.3. The Bertz CT molecular complexity index is 376. The summed E-state index contributed by atoms with van der Waals surface area (Å²) in [5.74, 6) is -1.70. The van der Waals surface area contributed by atoms with Crippen molar-refractivity contribution < 1.29 is 13.6 Å². The Labute approximate surface area is 99.2 Å². The van der Waals surface area contributed by atoms with Crippen molar-refractivity contribution in [2.24, 2.45) is 5.73 Å². The molecule has 0 unspecified atom stereocenters. The molecule has 0 saturated heterocycles. The highest BCUT2D eigenvalue weighted by Crippen LogP contribution is 2.13. The SMILES string of the molecule is CCN(CCN)C(=O)Cc1c(F)cccc1F. The number of hydrogen-bond donors (Lipinski definition) is 1. The number of nitrogens with two attached hydrogens (primary N) is 1. The minimum Gasteiger partial charge on any atom is -0.341 e. The number of likely N-dealkylation sites (N-methyl/N-ethyl adjacent to an activating group) is 1. The van der Waals surface area contributed by atoms with Gasteiger partial charge < -0.3 is 10.6 Å². The monoisotopic (exact) mass is 242 g/mol. The molecular weight excluding hydrogens is 226 g/mol. The Morgan fingerprint density at radius 3 is 2.41 bits per heavy atom. The molecule has 0 bridgehead atoms. The fourth-order valence-corrected chi connectivity index (χ4v) is 1.58. The lowest BCUT2D eigenvalue weighted by atomic mass is 10.1. The normalized spacial score (nSPS) is 10.4. The largest absolute Gasteiger partial charge is 0.341 e. The molecule has 17 heavy (non-hydrogen) atoms. The second-order valence-electron chi connectivity index (χ2n) is 3.64. The number of benzene rings is 1. The van der Waals surface area contributed by atoms with E-state index in [1.54, 1.807) is 6.92 Å². The van der Waals surface area contributed by atoms with Crippen LogP contribution in [0.2, 0.25) is 0 Å². The van der Waals surface area contributed by atoms with Gasteiger partial charge in [0.05, 0.1) is 6.42 Å². The van der Waals surface area contributed by atoms with Crippen LogP contribution in [0.25, 0.3) is 0 Å². The molecule has 0 atom stereocenters. The average molecular weight is 242 g/mol. The molecule has 94 valence electrons. The van der Waals surface area contributed by atoms with E-state index in [2.05, 4.69) is 0 Å². The van der Waals surface area contributed by atoms with E-state index in [-0.39, 0.29) is 17.9 Å². The third kappa shape index (κ3) is 3.49. The van der Waals surface area contributed by atoms with Crippen LogP contribution >= 0.6 is 0 Å². The number of rotatable bonds is 5. The van der Waals surface area contributed by atoms with E-state index in [9.17, 15) is 13.6 Å². The van der Waals surface area contributed by atoms with Crippen molar-refractivity contribution in [2.75, 3.05) is 19.6 Å². The smallest absolute Gasteiger partial charge is 0.227 e. The van der Waals surface area contributed by atoms with Crippen LogP contribution < -0.4 is 5.73 Å². The Hall–Kier alpha value is -1.49. The van der Waals surface area contributed by atoms with Crippen LogP contribution in [0.15, 0.2) is 18.2 Å². The number of carbonyl (C=O) groups is 1. The highest BCUT2D eigenvalue weighted by Gasteiger charge is 2.16. The molecule has 0 aliphatic carbocycles. The summed E-state index contributed by atoms with van der Waals surface area (Å²) in [7, 11) is 0. The first-order valence-corrected chi connectivity index (χ1v) is 5.50. The Balaban J connectivity index is 2.80. The quantitative estimate of drug-likeness (QED) is 0.846. The van der Waals surface area contributed by atoms with Gasteiger partial charge in [-0.2, -0.15) is 0 Å². The van der Waals surface area contributed by atoms with Crippen molar-refractivity contribution in [2.45, 2.75) is 13.3 Å². The van der Waals surface area contributed by atoms with Gasteiger partial charge in [-0.05, 0) is 19.1 Å². The van der Waals surface area contributed by atoms with Crippen LogP contribution in [0, 0.1) is 11.6 Å². The number of amides is 1. The van der Waals surface area contributed by atoms with Crippen molar-refractivity contribution >= 4 is 5.91 Å². The molecule has 1 aromatic rings. The number of halogens is 2. The molecular formula is C12H16F2N2O. The first-order valence-electron chi connectivity index (χ1n) is 5.50. The lowest BCUT2D eigenvalue weighted by Crippen LogP contribution is -2.36. The van der Waals surface area contributed by atoms with Crippen molar-refractivity contribution in [3.63, 3.8) is 0 Å². The van der Waals surface area contributed by atoms with Crippen LogP contribution in [0.3, 0.4) is 0 Å². The van der Waals surface area contributed by atoms with E-state index in [4.69, 9.17) is 5.73 Å². The summed E-state index contributed by atoms with van der Waals surface area (Å²) in [6, 6.07) is 3.56. The minimum atomic E-state index is -0.692. The fourth-order valence-electron chi connectivity index (χ4n) is 1.58. The highest BCUT2D eigenvalue weighted by atomic mass is 19.1. The molecule has 0 radical (unpaired) electrons. The molecule has 0 fully saturated rings. The van der Waals surface area contributed by atoms with Crippen LogP contribution in [-0.4, -0.2) is 30.4 Å². The molecule has 1 rings (SSSR count). The van der Waals surface area contributed by atoms with E-state index in [1.807, 2.05) is 0 Å². The summed E-state index contributed by atoms with van der Waals surface area (Å²) in [6.45, 7) is 3.00. The average Bonchev–Trinajstić information content (AvgIpc) is 2.30. The standard InChI is InChI=1S/C12H16F2N2O/c1-2-16(7-6-15)12(17)8-9-10(13)4-3-5-11(9)14/h3-5H,2,6-8,15H2,1H3. The first-order chi connectivity index (χ1) is 8.10. The topological polar surface area (TPSA) is 46.3 Å². The van der Waals surface area contributed by atoms with Gasteiger partial charge in [-0.1, -0.05) is 6.07 Å². The first kappa shape index (κ1) is 13.6. The third-order valence-corrected chi connectivity index (χ3v) is 2.52. The predicted molar refractivity (Wildman–Crippen MR) is 61.4 cm³/mol. The lowest BCUT2D eigenvalue weighted by molar-refractivity contribution is -0.130. The van der Waals surface area contributed by atoms with E-state index in [0.717, 1.165) is 12.1 Å². The van der Waals surface area contributed by atoms with E-state index < -0.39 is 11.6 Å². The van der Waals surface area contributed by atoms with Gasteiger partial charge in [0.15, 0.2) is 0 Å². The zero-order chi connectivity index (χ0) is 12.8. The van der Waals surface area contributed by atoms with Gasteiger partial charge >= 0.3 is 0 Å². The van der Waals surface area contributed by atoms with Gasteiger partial charge in [0.1, 0.15) is 11.6 Å². The Kier molecular flexibility index (Phi) is 5.03. The third-order valence-electron chi connectivity index (χ3n) is 2.52. The van der Waals surface area contributed by atoms with Crippen molar-refractivity contribution in [3.05, 3.63) is 35.4 Å². The van der Waals surface area contributed by atoms with Crippen molar-refractivity contribution in [3.8, 4) is 0 Å². The summed E-state index contributed by atoms with van der Waals surface area (Å²) in [6.07, 6.45) is -0.271. The second kappa shape index (κ2) is 6.30. The zero-order valence-electron chi connectivity index (χ0n) is 9.75. The fraction of sp³-hybridized carbons (Fsp3) is 0.417. The van der Waals surface area contributed by atoms with Gasteiger partial charge in [0.25, 0.3) is 0 Å². The van der Waals surface area contributed by atoms with Crippen LogP contribution in [0.5, 0.6) is 0 Å². The molecule has 0 saturated carbocycles. The highest BCUT2D eigenvalue weighted by molar-refractivity contribution is 5.78. The maximum Gasteiger partial charge on any atom is 0.227 e. The summed E-state index contributed by atoms with van der Waals surface area (Å²) in [5, 5.41) is 0. The number of hydrogen-bond acceptors (Lipinski definition) is 2. The molecule has 5 heteroatoms. The molecule has 1 amide bonds. The van der Waals surface area contributed by atoms with E-state index >= 15 is 0 Å². The second-order valence-corrected chi connectivity index (χ2v) is 3.64. The van der Waals surface area contributed by atoms with Gasteiger partial charge in [0, 0.05) is 25.2 Å². The summed E-state index contributed by atoms with van der Waals surface area (Å²) in [4.78, 5) is 13.3. The van der Waals surface area contributed by atoms with Crippen molar-refractivity contribution in [1.82, 2.24) is 4.90 Å². The summed E-state index contributed by atoms with van der Waals surface area (Å²) < 4.78 is 26.7. The number of carbonyl (C=O) groups excluding carboxylic acids is 1. The Morgan fingerprint density at radius 1 is 1.35 bits per heavy atom. The maximum absolute atomic E-state index is 13.3. The molecule has 1 aromatic carbocycles. The van der Waals surface area contributed by atoms with Gasteiger partial charge in [-0.3, -0.25) is 4.79 Å². The molecule has 0 aromatic heterocycles. The molecule has 0 aliphatic heterocycles. The molecule has 0 heterocycles. The molecule has 3 nitrogen and oxygen atoms in total. The van der Waals surface area contributed by atoms with E-state index in [0.29, 0.717) is 19.6 Å². The number of nitrogens with zero attached hydrogens (tertiary/aromatic N) is 1. The van der Waals surface area contributed by atoms with Crippen molar-refractivity contribution in [1.29, 1.82) is 0 Å². The van der Waals surface area contributed by atoms with Crippen LogP contribution in [-0.2, 0) is 11.2 Å². The Morgan fingerprint density at radius 2 is 1.94 bits per heavy atom. The molecule has 0 spiro atoms. The van der Waals surface area contributed by atoms with Crippen LogP contribution in [0.1, 0.15) is 12.5 Å². The zero-order valence-corrected chi connectivity index (χ0v) is 9.75. The molecule has 0 aliphatic rings. The van der Waals surface area contributed by atoms with Gasteiger partial charge in [0.2, 0.25) is 5.91 Å².